The molecule has 0 aliphatic carbocycles. The van der Waals surface area contributed by atoms with E-state index in [-0.39, 0.29) is 17.6 Å². The average Bonchev–Trinajstić information content (AvgIpc) is 3.08. The summed E-state index contributed by atoms with van der Waals surface area (Å²) in [6, 6.07) is 7.96. The predicted octanol–water partition coefficient (Wildman–Crippen LogP) is 5.87. The Labute approximate surface area is 202 Å². The topological polar surface area (TPSA) is 80.4 Å². The van der Waals surface area contributed by atoms with E-state index in [0.717, 1.165) is 0 Å². The zero-order valence-electron chi connectivity index (χ0n) is 21.4. The minimum absolute atomic E-state index is 0.0179. The Morgan fingerprint density at radius 1 is 1.26 bits per heavy atom. The van der Waals surface area contributed by atoms with Crippen LogP contribution in [0.5, 0.6) is 0 Å². The Morgan fingerprint density at radius 2 is 1.94 bits per heavy atom. The van der Waals surface area contributed by atoms with Crippen molar-refractivity contribution in [1.82, 2.24) is 14.7 Å². The molecule has 1 aromatic heterocycles. The van der Waals surface area contributed by atoms with Gasteiger partial charge in [-0.1, -0.05) is 32.9 Å². The van der Waals surface area contributed by atoms with Gasteiger partial charge in [0.15, 0.2) is 8.32 Å². The second-order valence-electron chi connectivity index (χ2n) is 11.3. The summed E-state index contributed by atoms with van der Waals surface area (Å²) in [5, 5.41) is 14.7. The lowest BCUT2D eigenvalue weighted by molar-refractivity contribution is 0.0132. The third-order valence-corrected chi connectivity index (χ3v) is 10.9. The Hall–Kier alpha value is -2.70. The summed E-state index contributed by atoms with van der Waals surface area (Å²) in [5.74, 6) is -0.402. The van der Waals surface area contributed by atoms with E-state index in [1.807, 2.05) is 20.8 Å². The molecule has 2 aromatic rings. The minimum atomic E-state index is -2.07. The van der Waals surface area contributed by atoms with E-state index >= 15 is 0 Å². The first-order valence-electron chi connectivity index (χ1n) is 11.5. The molecule has 0 fully saturated rings. The number of ether oxygens (including phenoxy) is 1. The third kappa shape index (κ3) is 5.50. The van der Waals surface area contributed by atoms with Crippen molar-refractivity contribution < 1.29 is 18.3 Å². The van der Waals surface area contributed by atoms with Gasteiger partial charge in [0, 0.05) is 12.1 Å². The van der Waals surface area contributed by atoms with Gasteiger partial charge in [-0.2, -0.15) is 10.4 Å². The Bertz CT molecular complexity index is 1110. The maximum atomic E-state index is 13.9. The molecule has 0 N–H and O–H groups in total. The number of nitrogens with zero attached hydrogens (tertiary/aromatic N) is 4. The molecule has 3 rings (SSSR count). The smallest absolute Gasteiger partial charge is 0.410 e. The number of amides is 1. The van der Waals surface area contributed by atoms with Crippen molar-refractivity contribution in [3.05, 3.63) is 41.3 Å². The van der Waals surface area contributed by atoms with Crippen molar-refractivity contribution in [2.75, 3.05) is 13.2 Å². The van der Waals surface area contributed by atoms with Crippen LogP contribution in [0.15, 0.2) is 24.3 Å². The average molecular weight is 487 g/mol. The molecule has 0 spiro atoms. The fourth-order valence-electron chi connectivity index (χ4n) is 3.57. The first-order valence-corrected chi connectivity index (χ1v) is 14.4. The van der Waals surface area contributed by atoms with Crippen LogP contribution in [0.3, 0.4) is 0 Å². The molecule has 1 unspecified atom stereocenters. The number of fused-ring (bicyclic) bond motifs is 1. The van der Waals surface area contributed by atoms with E-state index in [9.17, 15) is 14.4 Å². The van der Waals surface area contributed by atoms with Crippen LogP contribution in [0.2, 0.25) is 18.1 Å². The van der Waals surface area contributed by atoms with Crippen molar-refractivity contribution in [1.29, 1.82) is 5.26 Å². The van der Waals surface area contributed by atoms with E-state index in [1.54, 1.807) is 21.7 Å². The normalized spacial score (nSPS) is 16.7. The number of hydrogen-bond donors (Lipinski definition) is 0. The monoisotopic (exact) mass is 486 g/mol. The summed E-state index contributed by atoms with van der Waals surface area (Å²) in [4.78, 5) is 14.6. The number of carbonyl (C=O) groups is 1. The minimum Gasteiger partial charge on any atom is -0.444 e. The molecule has 0 saturated carbocycles. The van der Waals surface area contributed by atoms with Gasteiger partial charge in [0.1, 0.15) is 28.7 Å². The second kappa shape index (κ2) is 9.15. The van der Waals surface area contributed by atoms with Crippen molar-refractivity contribution in [3.8, 4) is 17.3 Å². The molecule has 34 heavy (non-hydrogen) atoms. The molecule has 2 heterocycles. The lowest BCUT2D eigenvalue weighted by Crippen LogP contribution is -2.47. The number of rotatable bonds is 4. The molecule has 1 amide bonds. The van der Waals surface area contributed by atoms with Gasteiger partial charge in [0.2, 0.25) is 0 Å². The second-order valence-corrected chi connectivity index (χ2v) is 16.1. The van der Waals surface area contributed by atoms with Crippen LogP contribution in [-0.2, 0) is 15.7 Å². The van der Waals surface area contributed by atoms with Crippen LogP contribution in [0.25, 0.3) is 11.3 Å². The van der Waals surface area contributed by atoms with Gasteiger partial charge in [-0.15, -0.1) is 0 Å². The van der Waals surface area contributed by atoms with Crippen LogP contribution in [0.1, 0.15) is 58.8 Å². The fourth-order valence-corrected chi connectivity index (χ4v) is 4.61. The quantitative estimate of drug-likeness (QED) is 0.505. The Kier molecular flexibility index (Phi) is 6.98. The number of halogens is 1. The number of benzene rings is 1. The van der Waals surface area contributed by atoms with Crippen LogP contribution in [0.4, 0.5) is 9.18 Å². The van der Waals surface area contributed by atoms with Gasteiger partial charge in [-0.05, 0) is 51.0 Å². The van der Waals surface area contributed by atoms with Gasteiger partial charge < -0.3 is 14.1 Å². The molecule has 1 atom stereocenters. The van der Waals surface area contributed by atoms with Crippen molar-refractivity contribution in [3.63, 3.8) is 0 Å². The Morgan fingerprint density at radius 3 is 2.50 bits per heavy atom. The SMILES string of the molecule is CC(C)(C)OC(=O)N1Cc2c(C#N)c(-c3cccc(F)c3)nn2C(CO[Si](C)(C)C(C)(C)C)C1. The summed E-state index contributed by atoms with van der Waals surface area (Å²) in [6.07, 6.45) is -0.450. The fraction of sp³-hybridized carbons (Fsp3) is 0.560. The third-order valence-electron chi connectivity index (χ3n) is 6.43. The number of carbonyl (C=O) groups excluding carboxylic acids is 1. The lowest BCUT2D eigenvalue weighted by Gasteiger charge is -2.39. The summed E-state index contributed by atoms with van der Waals surface area (Å²) in [5.41, 5.74) is 1.21. The number of hydrogen-bond acceptors (Lipinski definition) is 5. The van der Waals surface area contributed by atoms with Crippen LogP contribution < -0.4 is 0 Å². The molecular formula is C25H35FN4O3Si. The van der Waals surface area contributed by atoms with Gasteiger partial charge in [-0.3, -0.25) is 4.68 Å². The highest BCUT2D eigenvalue weighted by Gasteiger charge is 2.40. The van der Waals surface area contributed by atoms with Crippen molar-refractivity contribution >= 4 is 14.4 Å². The van der Waals surface area contributed by atoms with Gasteiger partial charge in [0.25, 0.3) is 0 Å². The maximum absolute atomic E-state index is 13.9. The highest BCUT2D eigenvalue weighted by atomic mass is 28.4. The molecule has 1 aromatic carbocycles. The summed E-state index contributed by atoms with van der Waals surface area (Å²) in [7, 11) is -2.07. The highest BCUT2D eigenvalue weighted by Crippen LogP contribution is 2.38. The van der Waals surface area contributed by atoms with Crippen molar-refractivity contribution in [2.24, 2.45) is 0 Å². The highest BCUT2D eigenvalue weighted by molar-refractivity contribution is 6.74. The van der Waals surface area contributed by atoms with E-state index in [4.69, 9.17) is 14.3 Å². The first kappa shape index (κ1) is 25.9. The zero-order chi connectivity index (χ0) is 25.5. The van der Waals surface area contributed by atoms with Crippen LogP contribution in [-0.4, -0.2) is 47.8 Å². The zero-order valence-corrected chi connectivity index (χ0v) is 22.4. The van der Waals surface area contributed by atoms with Gasteiger partial charge in [-0.25, -0.2) is 9.18 Å². The van der Waals surface area contributed by atoms with E-state index in [0.29, 0.717) is 35.7 Å². The predicted molar refractivity (Wildman–Crippen MR) is 131 cm³/mol. The molecule has 7 nitrogen and oxygen atoms in total. The molecule has 9 heteroatoms. The molecule has 184 valence electrons. The number of nitriles is 1. The summed E-state index contributed by atoms with van der Waals surface area (Å²) >= 11 is 0. The van der Waals surface area contributed by atoms with Gasteiger partial charge in [0.05, 0.1) is 24.9 Å². The largest absolute Gasteiger partial charge is 0.444 e. The van der Waals surface area contributed by atoms with Crippen LogP contribution in [0, 0.1) is 17.1 Å². The van der Waals surface area contributed by atoms with E-state index < -0.39 is 25.8 Å². The molecule has 0 saturated heterocycles. The molecule has 0 radical (unpaired) electrons. The van der Waals surface area contributed by atoms with Gasteiger partial charge >= 0.3 is 6.09 Å². The summed E-state index contributed by atoms with van der Waals surface area (Å²) < 4.78 is 27.8. The first-order chi connectivity index (χ1) is 15.6. The summed E-state index contributed by atoms with van der Waals surface area (Å²) in [6.45, 7) is 17.2. The molecule has 0 bridgehead atoms. The van der Waals surface area contributed by atoms with E-state index in [2.05, 4.69) is 39.9 Å². The van der Waals surface area contributed by atoms with Crippen LogP contribution >= 0.6 is 0 Å². The van der Waals surface area contributed by atoms with E-state index in [1.165, 1.54) is 12.1 Å². The molecule has 1 aliphatic rings. The molecule has 1 aliphatic heterocycles. The Balaban J connectivity index is 2.04. The lowest BCUT2D eigenvalue weighted by atomic mass is 10.1. The maximum Gasteiger partial charge on any atom is 0.410 e. The van der Waals surface area contributed by atoms with Crippen molar-refractivity contribution in [2.45, 2.75) is 77.9 Å². The number of aromatic nitrogens is 2. The standard InChI is InChI=1S/C25H35FN4O3Si/c1-24(2,3)33-23(31)29-14-19(16-32-34(7,8)25(4,5)6)30-21(15-29)20(13-27)22(28-30)17-10-9-11-18(26)12-17/h9-12,19H,14-16H2,1-8H3. The molecular weight excluding hydrogens is 451 g/mol.